The molecule has 0 bridgehead atoms. The Balaban J connectivity index is 1.63. The van der Waals surface area contributed by atoms with Crippen LogP contribution in [0.3, 0.4) is 0 Å². The number of hydrogen-bond donors (Lipinski definition) is 0. The summed E-state index contributed by atoms with van der Waals surface area (Å²) in [4.78, 5) is 15.0. The van der Waals surface area contributed by atoms with E-state index in [1.807, 2.05) is 0 Å². The number of ether oxygens (including phenoxy) is 1. The van der Waals surface area contributed by atoms with Crippen molar-refractivity contribution in [2.75, 3.05) is 6.61 Å². The van der Waals surface area contributed by atoms with Crippen molar-refractivity contribution in [2.24, 2.45) is 0 Å². The van der Waals surface area contributed by atoms with Crippen LogP contribution in [-0.2, 0) is 4.79 Å². The van der Waals surface area contributed by atoms with E-state index in [0.717, 1.165) is 31.7 Å². The Kier molecular flexibility index (Phi) is 5.74. The van der Waals surface area contributed by atoms with E-state index in [4.69, 9.17) is 21.4 Å². The van der Waals surface area contributed by atoms with Gasteiger partial charge in [-0.15, -0.1) is 0 Å². The van der Waals surface area contributed by atoms with Crippen LogP contribution >= 0.6 is 24.0 Å². The van der Waals surface area contributed by atoms with Crippen LogP contribution in [0.5, 0.6) is 5.75 Å². The van der Waals surface area contributed by atoms with E-state index in [9.17, 15) is 13.6 Å². The molecule has 1 aromatic carbocycles. The molecule has 0 spiro atoms. The van der Waals surface area contributed by atoms with Crippen molar-refractivity contribution in [2.45, 2.75) is 38.6 Å². The second kappa shape index (κ2) is 8.28. The Morgan fingerprint density at radius 2 is 2.03 bits per heavy atom. The van der Waals surface area contributed by atoms with Gasteiger partial charge in [-0.1, -0.05) is 36.8 Å². The normalized spacial score (nSPS) is 19.0. The molecule has 2 heterocycles. The topological polar surface area (TPSA) is 42.7 Å². The third-order valence-corrected chi connectivity index (χ3v) is 6.35. The molecule has 4 rings (SSSR count). The molecule has 4 nitrogen and oxygen atoms in total. The van der Waals surface area contributed by atoms with E-state index < -0.39 is 11.6 Å². The van der Waals surface area contributed by atoms with Crippen molar-refractivity contribution < 1.29 is 22.7 Å². The van der Waals surface area contributed by atoms with Crippen molar-refractivity contribution in [1.29, 1.82) is 0 Å². The number of carbonyl (C=O) groups excluding carboxylic acids is 1. The molecule has 1 saturated heterocycles. The number of furan rings is 1. The third kappa shape index (κ3) is 3.83. The smallest absolute Gasteiger partial charge is 0.266 e. The fourth-order valence-electron chi connectivity index (χ4n) is 3.69. The van der Waals surface area contributed by atoms with Gasteiger partial charge in [0, 0.05) is 12.1 Å². The monoisotopic (exact) mass is 435 g/mol. The summed E-state index contributed by atoms with van der Waals surface area (Å²) in [6.45, 7) is 2.06. The van der Waals surface area contributed by atoms with E-state index in [0.29, 0.717) is 21.6 Å². The van der Waals surface area contributed by atoms with Gasteiger partial charge >= 0.3 is 0 Å². The maximum absolute atomic E-state index is 14.4. The van der Waals surface area contributed by atoms with Crippen LogP contribution in [0.2, 0.25) is 0 Å². The number of amides is 1. The standard InChI is InChI=1S/C21H19F2NO3S2/c1-2-26-15-10-8-14(22)19(23)18(15)16-9-7-13(27-16)11-17-20(25)24(21(28)29-17)12-5-3-4-6-12/h7-12H,2-6H2,1H3/b17-11+. The van der Waals surface area contributed by atoms with Crippen molar-refractivity contribution in [3.8, 4) is 17.1 Å². The lowest BCUT2D eigenvalue weighted by Gasteiger charge is -2.21. The highest BCUT2D eigenvalue weighted by molar-refractivity contribution is 8.26. The number of thioether (sulfide) groups is 1. The van der Waals surface area contributed by atoms with Gasteiger partial charge in [0.1, 0.15) is 21.6 Å². The number of halogens is 2. The van der Waals surface area contributed by atoms with Crippen LogP contribution in [0.4, 0.5) is 8.78 Å². The van der Waals surface area contributed by atoms with Gasteiger partial charge in [-0.05, 0) is 44.0 Å². The predicted molar refractivity (Wildman–Crippen MR) is 112 cm³/mol. The van der Waals surface area contributed by atoms with Crippen molar-refractivity contribution in [3.05, 3.63) is 46.6 Å². The molecule has 2 fully saturated rings. The van der Waals surface area contributed by atoms with E-state index in [1.165, 1.54) is 23.9 Å². The van der Waals surface area contributed by atoms with Crippen molar-refractivity contribution in [1.82, 2.24) is 4.90 Å². The highest BCUT2D eigenvalue weighted by atomic mass is 32.2. The largest absolute Gasteiger partial charge is 0.493 e. The Morgan fingerprint density at radius 3 is 2.76 bits per heavy atom. The molecule has 1 aliphatic heterocycles. The van der Waals surface area contributed by atoms with Gasteiger partial charge in [-0.25, -0.2) is 8.78 Å². The molecule has 1 aromatic heterocycles. The van der Waals surface area contributed by atoms with E-state index >= 15 is 0 Å². The lowest BCUT2D eigenvalue weighted by atomic mass is 10.1. The molecule has 8 heteroatoms. The summed E-state index contributed by atoms with van der Waals surface area (Å²) in [7, 11) is 0. The summed E-state index contributed by atoms with van der Waals surface area (Å²) < 4.78 is 39.8. The summed E-state index contributed by atoms with van der Waals surface area (Å²) in [6, 6.07) is 5.69. The van der Waals surface area contributed by atoms with Crippen LogP contribution in [0, 0.1) is 11.6 Å². The Hall–Kier alpha value is -2.19. The van der Waals surface area contributed by atoms with E-state index in [-0.39, 0.29) is 29.0 Å². The lowest BCUT2D eigenvalue weighted by molar-refractivity contribution is -0.123. The summed E-state index contributed by atoms with van der Waals surface area (Å²) in [6.07, 6.45) is 5.72. The minimum atomic E-state index is -1.04. The van der Waals surface area contributed by atoms with Gasteiger partial charge in [0.25, 0.3) is 5.91 Å². The summed E-state index contributed by atoms with van der Waals surface area (Å²) in [5, 5.41) is 0. The average molecular weight is 436 g/mol. The van der Waals surface area contributed by atoms with Crippen LogP contribution in [0.25, 0.3) is 17.4 Å². The first kappa shape index (κ1) is 20.1. The van der Waals surface area contributed by atoms with E-state index in [1.54, 1.807) is 24.0 Å². The van der Waals surface area contributed by atoms with Crippen molar-refractivity contribution in [3.63, 3.8) is 0 Å². The fraction of sp³-hybridized carbons (Fsp3) is 0.333. The molecular formula is C21H19F2NO3S2. The fourth-order valence-corrected chi connectivity index (χ4v) is 5.07. The summed E-state index contributed by atoms with van der Waals surface area (Å²) in [5.41, 5.74) is -0.0787. The Morgan fingerprint density at radius 1 is 1.28 bits per heavy atom. The second-order valence-electron chi connectivity index (χ2n) is 6.86. The predicted octanol–water partition coefficient (Wildman–Crippen LogP) is 5.77. The third-order valence-electron chi connectivity index (χ3n) is 5.02. The minimum absolute atomic E-state index is 0.0787. The van der Waals surface area contributed by atoms with Gasteiger partial charge < -0.3 is 9.15 Å². The second-order valence-corrected chi connectivity index (χ2v) is 8.54. The highest BCUT2D eigenvalue weighted by Gasteiger charge is 2.38. The first-order chi connectivity index (χ1) is 14.0. The van der Waals surface area contributed by atoms with Gasteiger partial charge in [-0.3, -0.25) is 9.69 Å². The Labute approximate surface area is 176 Å². The number of carbonyl (C=O) groups is 1. The zero-order valence-corrected chi connectivity index (χ0v) is 17.4. The quantitative estimate of drug-likeness (QED) is 0.441. The molecule has 1 saturated carbocycles. The number of hydrogen-bond acceptors (Lipinski definition) is 5. The Bertz CT molecular complexity index is 996. The highest BCUT2D eigenvalue weighted by Crippen LogP contribution is 2.39. The van der Waals surface area contributed by atoms with E-state index in [2.05, 4.69) is 0 Å². The molecule has 1 aliphatic carbocycles. The first-order valence-electron chi connectivity index (χ1n) is 9.47. The molecule has 152 valence electrons. The molecule has 0 N–H and O–H groups in total. The zero-order chi connectivity index (χ0) is 20.5. The zero-order valence-electron chi connectivity index (χ0n) is 15.7. The molecule has 29 heavy (non-hydrogen) atoms. The molecule has 0 radical (unpaired) electrons. The SMILES string of the molecule is CCOc1ccc(F)c(F)c1-c1ccc(/C=C2/SC(=S)N(C3CCCC3)C2=O)o1. The molecule has 2 aliphatic rings. The van der Waals surface area contributed by atoms with Crippen LogP contribution < -0.4 is 4.74 Å². The van der Waals surface area contributed by atoms with Crippen LogP contribution in [-0.4, -0.2) is 27.8 Å². The van der Waals surface area contributed by atoms with Gasteiger partial charge in [0.2, 0.25) is 0 Å². The molecule has 2 aromatic rings. The number of benzene rings is 1. The number of thiocarbonyl (C=S) groups is 1. The summed E-state index contributed by atoms with van der Waals surface area (Å²) >= 11 is 6.63. The average Bonchev–Trinajstić information content (AvgIpc) is 3.41. The summed E-state index contributed by atoms with van der Waals surface area (Å²) in [5.74, 6) is -1.47. The van der Waals surface area contributed by atoms with Gasteiger partial charge in [0.15, 0.2) is 11.6 Å². The molecular weight excluding hydrogens is 416 g/mol. The maximum Gasteiger partial charge on any atom is 0.266 e. The minimum Gasteiger partial charge on any atom is -0.493 e. The number of rotatable bonds is 5. The molecule has 1 amide bonds. The molecule has 0 atom stereocenters. The van der Waals surface area contributed by atoms with Gasteiger partial charge in [0.05, 0.1) is 17.1 Å². The first-order valence-corrected chi connectivity index (χ1v) is 10.7. The number of nitrogens with zero attached hydrogens (tertiary/aromatic N) is 1. The van der Waals surface area contributed by atoms with Crippen LogP contribution in [0.15, 0.2) is 33.6 Å². The van der Waals surface area contributed by atoms with Crippen LogP contribution in [0.1, 0.15) is 38.4 Å². The van der Waals surface area contributed by atoms with Crippen molar-refractivity contribution >= 4 is 40.3 Å². The maximum atomic E-state index is 14.4. The van der Waals surface area contributed by atoms with Gasteiger partial charge in [-0.2, -0.15) is 0 Å². The lowest BCUT2D eigenvalue weighted by Crippen LogP contribution is -2.36. The molecule has 0 unspecified atom stereocenters.